The SMILES string of the molecule is COc1ccc(Cn2nnnc2-c2c(-c3ccc(C)cc3)cc(Cl)cc2S(N)(=O)=O)cc1. The highest BCUT2D eigenvalue weighted by Crippen LogP contribution is 2.38. The highest BCUT2D eigenvalue weighted by molar-refractivity contribution is 7.89. The molecule has 0 aliphatic rings. The van der Waals surface area contributed by atoms with E-state index in [2.05, 4.69) is 15.5 Å². The molecule has 0 atom stereocenters. The van der Waals surface area contributed by atoms with Crippen molar-refractivity contribution < 1.29 is 13.2 Å². The summed E-state index contributed by atoms with van der Waals surface area (Å²) in [5, 5.41) is 17.8. The molecule has 4 aromatic rings. The normalized spacial score (nSPS) is 11.5. The number of aromatic nitrogens is 4. The van der Waals surface area contributed by atoms with E-state index in [9.17, 15) is 8.42 Å². The fourth-order valence-electron chi connectivity index (χ4n) is 3.39. The smallest absolute Gasteiger partial charge is 0.238 e. The van der Waals surface area contributed by atoms with E-state index >= 15 is 0 Å². The van der Waals surface area contributed by atoms with Gasteiger partial charge in [-0.3, -0.25) is 0 Å². The van der Waals surface area contributed by atoms with Crippen LogP contribution in [0.5, 0.6) is 5.75 Å². The Labute approximate surface area is 190 Å². The summed E-state index contributed by atoms with van der Waals surface area (Å²) in [5.41, 5.74) is 3.58. The van der Waals surface area contributed by atoms with E-state index in [0.717, 1.165) is 22.4 Å². The molecule has 10 heteroatoms. The molecule has 0 saturated carbocycles. The van der Waals surface area contributed by atoms with Crippen LogP contribution in [-0.2, 0) is 16.6 Å². The Balaban J connectivity index is 1.91. The molecule has 8 nitrogen and oxygen atoms in total. The summed E-state index contributed by atoms with van der Waals surface area (Å²) in [6, 6.07) is 18.0. The predicted molar refractivity (Wildman–Crippen MR) is 122 cm³/mol. The number of ether oxygens (including phenoxy) is 1. The molecule has 0 radical (unpaired) electrons. The van der Waals surface area contributed by atoms with Crippen LogP contribution in [0.1, 0.15) is 11.1 Å². The van der Waals surface area contributed by atoms with E-state index in [4.69, 9.17) is 21.5 Å². The second-order valence-corrected chi connectivity index (χ2v) is 9.21. The molecule has 1 aromatic heterocycles. The van der Waals surface area contributed by atoms with Crippen LogP contribution in [0.2, 0.25) is 5.02 Å². The molecule has 0 bridgehead atoms. The molecule has 0 amide bonds. The standard InChI is InChI=1S/C22H20ClN5O3S/c1-14-3-7-16(8-4-14)19-11-17(23)12-20(32(24,29)30)21(19)22-25-26-27-28(22)13-15-5-9-18(31-2)10-6-15/h3-12H,13H2,1-2H3,(H2,24,29,30). The minimum atomic E-state index is -4.13. The Bertz CT molecular complexity index is 1370. The summed E-state index contributed by atoms with van der Waals surface area (Å²) < 4.78 is 31.7. The maximum atomic E-state index is 12.5. The summed E-state index contributed by atoms with van der Waals surface area (Å²) in [6.07, 6.45) is 0. The number of aryl methyl sites for hydroxylation is 1. The summed E-state index contributed by atoms with van der Waals surface area (Å²) in [6.45, 7) is 2.28. The largest absolute Gasteiger partial charge is 0.497 e. The van der Waals surface area contributed by atoms with Crippen molar-refractivity contribution in [1.29, 1.82) is 0 Å². The molecular weight excluding hydrogens is 450 g/mol. The third-order valence-corrected chi connectivity index (χ3v) is 6.14. The predicted octanol–water partition coefficient (Wildman–Crippen LogP) is 3.67. The van der Waals surface area contributed by atoms with Crippen LogP contribution in [0.15, 0.2) is 65.6 Å². The lowest BCUT2D eigenvalue weighted by atomic mass is 9.98. The third kappa shape index (κ3) is 4.50. The molecule has 0 saturated heterocycles. The van der Waals surface area contributed by atoms with Crippen LogP contribution in [0.4, 0.5) is 0 Å². The van der Waals surface area contributed by atoms with Crippen molar-refractivity contribution in [2.45, 2.75) is 18.4 Å². The summed E-state index contributed by atoms with van der Waals surface area (Å²) in [7, 11) is -2.54. The Morgan fingerprint density at radius 2 is 1.75 bits per heavy atom. The molecule has 0 unspecified atom stereocenters. The van der Waals surface area contributed by atoms with Crippen LogP contribution in [0.25, 0.3) is 22.5 Å². The van der Waals surface area contributed by atoms with Crippen molar-refractivity contribution >= 4 is 21.6 Å². The zero-order valence-corrected chi connectivity index (χ0v) is 18.9. The Morgan fingerprint density at radius 1 is 1.06 bits per heavy atom. The first-order valence-corrected chi connectivity index (χ1v) is 11.5. The number of halogens is 1. The van der Waals surface area contributed by atoms with Crippen LogP contribution in [0.3, 0.4) is 0 Å². The van der Waals surface area contributed by atoms with E-state index in [1.807, 2.05) is 55.5 Å². The zero-order chi connectivity index (χ0) is 22.9. The highest BCUT2D eigenvalue weighted by atomic mass is 35.5. The van der Waals surface area contributed by atoms with Gasteiger partial charge in [0.15, 0.2) is 5.82 Å². The Kier molecular flexibility index (Phi) is 5.96. The first-order valence-electron chi connectivity index (χ1n) is 9.59. The Hall–Kier alpha value is -3.27. The van der Waals surface area contributed by atoms with Gasteiger partial charge in [0.2, 0.25) is 10.0 Å². The van der Waals surface area contributed by atoms with Crippen molar-refractivity contribution in [3.8, 4) is 28.3 Å². The van der Waals surface area contributed by atoms with Crippen molar-refractivity contribution in [3.05, 3.63) is 76.8 Å². The lowest BCUT2D eigenvalue weighted by Gasteiger charge is -2.15. The Morgan fingerprint density at radius 3 is 2.38 bits per heavy atom. The van der Waals surface area contributed by atoms with E-state index in [1.54, 1.807) is 13.2 Å². The van der Waals surface area contributed by atoms with Gasteiger partial charge in [-0.2, -0.15) is 0 Å². The molecule has 3 aromatic carbocycles. The maximum absolute atomic E-state index is 12.5. The lowest BCUT2D eigenvalue weighted by molar-refractivity contribution is 0.414. The fraction of sp³-hybridized carbons (Fsp3) is 0.136. The van der Waals surface area contributed by atoms with Crippen LogP contribution < -0.4 is 9.88 Å². The summed E-state index contributed by atoms with van der Waals surface area (Å²) in [5.74, 6) is 0.985. The number of primary sulfonamides is 1. The monoisotopic (exact) mass is 469 g/mol. The van der Waals surface area contributed by atoms with Crippen molar-refractivity contribution in [2.24, 2.45) is 5.14 Å². The first-order chi connectivity index (χ1) is 15.3. The van der Waals surface area contributed by atoms with E-state index in [0.29, 0.717) is 17.7 Å². The maximum Gasteiger partial charge on any atom is 0.238 e. The van der Waals surface area contributed by atoms with Gasteiger partial charge in [0.25, 0.3) is 0 Å². The van der Waals surface area contributed by atoms with Gasteiger partial charge >= 0.3 is 0 Å². The van der Waals surface area contributed by atoms with Gasteiger partial charge in [0, 0.05) is 10.6 Å². The molecule has 164 valence electrons. The molecule has 4 rings (SSSR count). The molecule has 2 N–H and O–H groups in total. The highest BCUT2D eigenvalue weighted by Gasteiger charge is 2.25. The fourth-order valence-corrected chi connectivity index (χ4v) is 4.45. The van der Waals surface area contributed by atoms with Crippen molar-refractivity contribution in [1.82, 2.24) is 20.2 Å². The van der Waals surface area contributed by atoms with Gasteiger partial charge in [-0.25, -0.2) is 18.2 Å². The molecular formula is C22H20ClN5O3S. The average molecular weight is 470 g/mol. The second kappa shape index (κ2) is 8.70. The minimum Gasteiger partial charge on any atom is -0.497 e. The number of benzene rings is 3. The number of nitrogens with two attached hydrogens (primary N) is 1. The molecule has 0 aliphatic heterocycles. The number of rotatable bonds is 6. The summed E-state index contributed by atoms with van der Waals surface area (Å²) >= 11 is 6.28. The topological polar surface area (TPSA) is 113 Å². The van der Waals surface area contributed by atoms with Gasteiger partial charge in [-0.05, 0) is 58.3 Å². The minimum absolute atomic E-state index is 0.147. The third-order valence-electron chi connectivity index (χ3n) is 4.98. The zero-order valence-electron chi connectivity index (χ0n) is 17.4. The number of methoxy groups -OCH3 is 1. The van der Waals surface area contributed by atoms with Gasteiger partial charge in [0.1, 0.15) is 5.75 Å². The van der Waals surface area contributed by atoms with Crippen molar-refractivity contribution in [2.75, 3.05) is 7.11 Å². The second-order valence-electron chi connectivity index (χ2n) is 7.25. The van der Waals surface area contributed by atoms with Gasteiger partial charge in [0.05, 0.1) is 18.6 Å². The number of hydrogen-bond acceptors (Lipinski definition) is 6. The first kappa shape index (κ1) is 21.9. The average Bonchev–Trinajstić information content (AvgIpc) is 3.21. The van der Waals surface area contributed by atoms with Crippen LogP contribution >= 0.6 is 11.6 Å². The summed E-state index contributed by atoms with van der Waals surface area (Å²) in [4.78, 5) is -0.147. The van der Waals surface area contributed by atoms with Crippen LogP contribution in [0, 0.1) is 6.92 Å². The number of nitrogens with zero attached hydrogens (tertiary/aromatic N) is 4. The van der Waals surface area contributed by atoms with Gasteiger partial charge < -0.3 is 4.74 Å². The van der Waals surface area contributed by atoms with E-state index in [1.165, 1.54) is 10.7 Å². The van der Waals surface area contributed by atoms with Crippen molar-refractivity contribution in [3.63, 3.8) is 0 Å². The number of hydrogen-bond donors (Lipinski definition) is 1. The van der Waals surface area contributed by atoms with Gasteiger partial charge in [-0.1, -0.05) is 53.6 Å². The molecule has 1 heterocycles. The van der Waals surface area contributed by atoms with E-state index in [-0.39, 0.29) is 15.7 Å². The molecule has 0 spiro atoms. The quantitative estimate of drug-likeness (QED) is 0.461. The molecule has 0 aliphatic carbocycles. The molecule has 0 fully saturated rings. The van der Waals surface area contributed by atoms with Gasteiger partial charge in [-0.15, -0.1) is 5.10 Å². The number of tetrazole rings is 1. The number of sulfonamides is 1. The van der Waals surface area contributed by atoms with Crippen LogP contribution in [-0.4, -0.2) is 35.7 Å². The molecule has 32 heavy (non-hydrogen) atoms. The lowest BCUT2D eigenvalue weighted by Crippen LogP contribution is -2.15. The van der Waals surface area contributed by atoms with E-state index < -0.39 is 10.0 Å².